The summed E-state index contributed by atoms with van der Waals surface area (Å²) in [5.74, 6) is -1.04. The summed E-state index contributed by atoms with van der Waals surface area (Å²) < 4.78 is 26.8. The van der Waals surface area contributed by atoms with Gasteiger partial charge in [0, 0.05) is 37.3 Å². The number of rotatable bonds is 3. The van der Waals surface area contributed by atoms with Crippen LogP contribution in [0.1, 0.15) is 16.7 Å². The maximum Gasteiger partial charge on any atom is 0.130 e. The SMILES string of the molecule is NCC1Cc2ccccc2CN1Cc1ccc(F)cc1F. The van der Waals surface area contributed by atoms with E-state index < -0.39 is 11.6 Å². The average molecular weight is 288 g/mol. The minimum Gasteiger partial charge on any atom is -0.329 e. The highest BCUT2D eigenvalue weighted by Gasteiger charge is 2.25. The molecule has 0 fully saturated rings. The van der Waals surface area contributed by atoms with E-state index in [4.69, 9.17) is 5.73 Å². The number of nitrogens with zero attached hydrogens (tertiary/aromatic N) is 1. The van der Waals surface area contributed by atoms with Gasteiger partial charge in [-0.1, -0.05) is 30.3 Å². The van der Waals surface area contributed by atoms with Gasteiger partial charge < -0.3 is 5.73 Å². The van der Waals surface area contributed by atoms with E-state index in [1.54, 1.807) is 0 Å². The quantitative estimate of drug-likeness (QED) is 0.941. The molecule has 1 unspecified atom stereocenters. The smallest absolute Gasteiger partial charge is 0.130 e. The molecule has 2 aromatic rings. The molecule has 2 aromatic carbocycles. The number of fused-ring (bicyclic) bond motifs is 1. The maximum atomic E-state index is 13.8. The predicted molar refractivity (Wildman–Crippen MR) is 78.6 cm³/mol. The lowest BCUT2D eigenvalue weighted by Gasteiger charge is -2.36. The van der Waals surface area contributed by atoms with Gasteiger partial charge in [0.15, 0.2) is 0 Å². The number of hydrogen-bond donors (Lipinski definition) is 1. The molecular weight excluding hydrogens is 270 g/mol. The summed E-state index contributed by atoms with van der Waals surface area (Å²) >= 11 is 0. The molecule has 0 bridgehead atoms. The molecule has 1 atom stereocenters. The van der Waals surface area contributed by atoms with Crippen LogP contribution in [0, 0.1) is 11.6 Å². The molecule has 21 heavy (non-hydrogen) atoms. The van der Waals surface area contributed by atoms with Crippen LogP contribution in [0.5, 0.6) is 0 Å². The molecular formula is C17H18F2N2. The standard InChI is InChI=1S/C17H18F2N2/c18-15-6-5-14(17(19)8-15)11-21-10-13-4-2-1-3-12(13)7-16(21)9-20/h1-6,8,16H,7,9-11,20H2. The van der Waals surface area contributed by atoms with Gasteiger partial charge in [-0.15, -0.1) is 0 Å². The largest absolute Gasteiger partial charge is 0.329 e. The second-order valence-electron chi connectivity index (χ2n) is 5.50. The van der Waals surface area contributed by atoms with E-state index >= 15 is 0 Å². The first-order valence-electron chi connectivity index (χ1n) is 7.12. The Hall–Kier alpha value is -1.78. The Balaban J connectivity index is 1.84. The summed E-state index contributed by atoms with van der Waals surface area (Å²) in [6, 6.07) is 12.2. The van der Waals surface area contributed by atoms with Gasteiger partial charge in [-0.25, -0.2) is 8.78 Å². The van der Waals surface area contributed by atoms with E-state index in [0.717, 1.165) is 19.0 Å². The summed E-state index contributed by atoms with van der Waals surface area (Å²) in [7, 11) is 0. The number of halogens is 2. The third-order valence-electron chi connectivity index (χ3n) is 4.12. The molecule has 0 aromatic heterocycles. The van der Waals surface area contributed by atoms with Crippen LogP contribution in [0.3, 0.4) is 0 Å². The van der Waals surface area contributed by atoms with Crippen molar-refractivity contribution in [3.63, 3.8) is 0 Å². The molecule has 0 saturated heterocycles. The fourth-order valence-corrected chi connectivity index (χ4v) is 2.93. The topological polar surface area (TPSA) is 29.3 Å². The molecule has 4 heteroatoms. The second kappa shape index (κ2) is 5.92. The van der Waals surface area contributed by atoms with Crippen molar-refractivity contribution in [3.05, 3.63) is 70.8 Å². The molecule has 0 radical (unpaired) electrons. The van der Waals surface area contributed by atoms with Crippen LogP contribution in [0.4, 0.5) is 8.78 Å². The van der Waals surface area contributed by atoms with Crippen LogP contribution in [0.25, 0.3) is 0 Å². The monoisotopic (exact) mass is 288 g/mol. The van der Waals surface area contributed by atoms with Crippen LogP contribution in [-0.4, -0.2) is 17.5 Å². The minimum absolute atomic E-state index is 0.185. The number of benzene rings is 2. The highest BCUT2D eigenvalue weighted by molar-refractivity contribution is 5.30. The van der Waals surface area contributed by atoms with Crippen molar-refractivity contribution in [3.8, 4) is 0 Å². The second-order valence-corrected chi connectivity index (χ2v) is 5.50. The zero-order chi connectivity index (χ0) is 14.8. The van der Waals surface area contributed by atoms with Crippen LogP contribution >= 0.6 is 0 Å². The molecule has 0 spiro atoms. The normalized spacial score (nSPS) is 18.5. The summed E-state index contributed by atoms with van der Waals surface area (Å²) in [4.78, 5) is 2.17. The first kappa shape index (κ1) is 14.2. The van der Waals surface area contributed by atoms with Crippen molar-refractivity contribution in [2.45, 2.75) is 25.6 Å². The molecule has 1 aliphatic rings. The van der Waals surface area contributed by atoms with Crippen molar-refractivity contribution < 1.29 is 8.78 Å². The van der Waals surface area contributed by atoms with Gasteiger partial charge in [-0.2, -0.15) is 0 Å². The van der Waals surface area contributed by atoms with E-state index in [-0.39, 0.29) is 6.04 Å². The van der Waals surface area contributed by atoms with Gasteiger partial charge in [0.2, 0.25) is 0 Å². The average Bonchev–Trinajstić information content (AvgIpc) is 2.49. The number of nitrogens with two attached hydrogens (primary N) is 1. The fraction of sp³-hybridized carbons (Fsp3) is 0.294. The Kier molecular flexibility index (Phi) is 3.99. The lowest BCUT2D eigenvalue weighted by atomic mass is 9.93. The molecule has 1 heterocycles. The Morgan fingerprint density at radius 3 is 2.57 bits per heavy atom. The summed E-state index contributed by atoms with van der Waals surface area (Å²) in [5.41, 5.74) is 8.94. The third kappa shape index (κ3) is 2.96. The van der Waals surface area contributed by atoms with Gasteiger partial charge in [0.1, 0.15) is 11.6 Å². The molecule has 0 saturated carbocycles. The highest BCUT2D eigenvalue weighted by Crippen LogP contribution is 2.25. The van der Waals surface area contributed by atoms with Gasteiger partial charge in [0.25, 0.3) is 0 Å². The Labute approximate surface area is 123 Å². The fourth-order valence-electron chi connectivity index (χ4n) is 2.93. The molecule has 2 nitrogen and oxygen atoms in total. The van der Waals surface area contributed by atoms with E-state index in [0.29, 0.717) is 18.7 Å². The van der Waals surface area contributed by atoms with Crippen molar-refractivity contribution in [1.29, 1.82) is 0 Å². The van der Waals surface area contributed by atoms with Crippen molar-refractivity contribution in [2.24, 2.45) is 5.73 Å². The molecule has 3 rings (SSSR count). The van der Waals surface area contributed by atoms with Crippen LogP contribution in [-0.2, 0) is 19.5 Å². The van der Waals surface area contributed by atoms with Crippen molar-refractivity contribution in [1.82, 2.24) is 4.90 Å². The predicted octanol–water partition coefficient (Wildman–Crippen LogP) is 2.85. The first-order valence-corrected chi connectivity index (χ1v) is 7.12. The molecule has 0 amide bonds. The summed E-state index contributed by atoms with van der Waals surface area (Å²) in [6.45, 7) is 1.72. The third-order valence-corrected chi connectivity index (χ3v) is 4.12. The lowest BCUT2D eigenvalue weighted by molar-refractivity contribution is 0.165. The van der Waals surface area contributed by atoms with Crippen molar-refractivity contribution >= 4 is 0 Å². The van der Waals surface area contributed by atoms with E-state index in [2.05, 4.69) is 17.0 Å². The molecule has 0 aliphatic carbocycles. The first-order chi connectivity index (χ1) is 10.2. The van der Waals surface area contributed by atoms with Crippen molar-refractivity contribution in [2.75, 3.05) is 6.54 Å². The molecule has 110 valence electrons. The minimum atomic E-state index is -0.546. The zero-order valence-electron chi connectivity index (χ0n) is 11.7. The van der Waals surface area contributed by atoms with Crippen LogP contribution in [0.15, 0.2) is 42.5 Å². The number of hydrogen-bond acceptors (Lipinski definition) is 2. The molecule has 1 aliphatic heterocycles. The van der Waals surface area contributed by atoms with E-state index in [1.165, 1.54) is 23.3 Å². The van der Waals surface area contributed by atoms with Gasteiger partial charge >= 0.3 is 0 Å². The maximum absolute atomic E-state index is 13.8. The summed E-state index contributed by atoms with van der Waals surface area (Å²) in [6.07, 6.45) is 0.871. The summed E-state index contributed by atoms with van der Waals surface area (Å²) in [5, 5.41) is 0. The Morgan fingerprint density at radius 1 is 1.10 bits per heavy atom. The van der Waals surface area contributed by atoms with Gasteiger partial charge in [0.05, 0.1) is 0 Å². The zero-order valence-corrected chi connectivity index (χ0v) is 11.7. The highest BCUT2D eigenvalue weighted by atomic mass is 19.1. The van der Waals surface area contributed by atoms with Crippen LogP contribution in [0.2, 0.25) is 0 Å². The lowest BCUT2D eigenvalue weighted by Crippen LogP contribution is -2.44. The molecule has 2 N–H and O–H groups in total. The Morgan fingerprint density at radius 2 is 1.86 bits per heavy atom. The Bertz CT molecular complexity index is 642. The van der Waals surface area contributed by atoms with E-state index in [1.807, 2.05) is 12.1 Å². The van der Waals surface area contributed by atoms with Gasteiger partial charge in [-0.05, 0) is 23.6 Å². The van der Waals surface area contributed by atoms with Crippen LogP contribution < -0.4 is 5.73 Å². The van der Waals surface area contributed by atoms with E-state index in [9.17, 15) is 8.78 Å². The van der Waals surface area contributed by atoms with Gasteiger partial charge in [-0.3, -0.25) is 4.90 Å².